The van der Waals surface area contributed by atoms with Crippen LogP contribution in [0.5, 0.6) is 0 Å². The van der Waals surface area contributed by atoms with Crippen LogP contribution in [0, 0.1) is 6.26 Å². The molecular weight excluding hydrogens is 120 g/mol. The quantitative estimate of drug-likeness (QED) is 0.499. The van der Waals surface area contributed by atoms with Crippen LogP contribution in [0.15, 0.2) is 6.08 Å². The number of aliphatic hydroxyl groups excluding tert-OH is 2. The Labute approximate surface area is 53.6 Å². The van der Waals surface area contributed by atoms with Gasteiger partial charge < -0.3 is 14.9 Å². The molecule has 0 amide bonds. The van der Waals surface area contributed by atoms with Gasteiger partial charge in [-0.1, -0.05) is 0 Å². The summed E-state index contributed by atoms with van der Waals surface area (Å²) in [5, 5.41) is 17.5. The van der Waals surface area contributed by atoms with Crippen molar-refractivity contribution in [1.82, 2.24) is 0 Å². The summed E-state index contributed by atoms with van der Waals surface area (Å²) in [6.07, 6.45) is 3.55. The third kappa shape index (κ3) is 1.43. The van der Waals surface area contributed by atoms with Crippen molar-refractivity contribution in [1.29, 1.82) is 0 Å². The fourth-order valence-corrected chi connectivity index (χ4v) is 0.694. The van der Waals surface area contributed by atoms with E-state index in [-0.39, 0.29) is 6.61 Å². The zero-order valence-electron chi connectivity index (χ0n) is 4.95. The molecule has 9 heavy (non-hydrogen) atoms. The predicted octanol–water partition coefficient (Wildman–Crippen LogP) is -0.555. The van der Waals surface area contributed by atoms with Crippen LogP contribution in [0.2, 0.25) is 0 Å². The molecule has 0 fully saturated rings. The number of aliphatic hydroxyl groups is 2. The molecule has 0 aromatic rings. The number of ether oxygens (including phenoxy) is 1. The molecule has 51 valence electrons. The van der Waals surface area contributed by atoms with Crippen molar-refractivity contribution >= 4 is 0 Å². The Kier molecular flexibility index (Phi) is 2.08. The van der Waals surface area contributed by atoms with Crippen molar-refractivity contribution in [2.45, 2.75) is 18.6 Å². The molecule has 1 radical (unpaired) electrons. The van der Waals surface area contributed by atoms with E-state index in [1.165, 1.54) is 0 Å². The molecule has 2 unspecified atom stereocenters. The van der Waals surface area contributed by atoms with E-state index < -0.39 is 12.2 Å². The highest BCUT2D eigenvalue weighted by Crippen LogP contribution is 2.09. The Bertz CT molecular complexity index is 111. The van der Waals surface area contributed by atoms with Gasteiger partial charge in [0.2, 0.25) is 0 Å². The van der Waals surface area contributed by atoms with Gasteiger partial charge in [0.1, 0.15) is 6.10 Å². The Hall–Kier alpha value is -0.540. The Morgan fingerprint density at radius 3 is 3.00 bits per heavy atom. The van der Waals surface area contributed by atoms with Gasteiger partial charge in [-0.25, -0.2) is 0 Å². The van der Waals surface area contributed by atoms with Crippen molar-refractivity contribution in [3.05, 3.63) is 12.3 Å². The molecule has 1 heterocycles. The maximum Gasteiger partial charge on any atom is 0.157 e. The highest BCUT2D eigenvalue weighted by Gasteiger charge is 2.20. The van der Waals surface area contributed by atoms with Crippen LogP contribution in [-0.2, 0) is 4.74 Å². The summed E-state index contributed by atoms with van der Waals surface area (Å²) in [6.45, 7) is -0.151. The van der Waals surface area contributed by atoms with Crippen LogP contribution in [0.3, 0.4) is 0 Å². The summed E-state index contributed by atoms with van der Waals surface area (Å²) < 4.78 is 4.73. The fourth-order valence-electron chi connectivity index (χ4n) is 0.694. The molecule has 3 heteroatoms. The van der Waals surface area contributed by atoms with E-state index >= 15 is 0 Å². The fraction of sp³-hybridized carbons (Fsp3) is 0.667. The highest BCUT2D eigenvalue weighted by molar-refractivity contribution is 4.83. The smallest absolute Gasteiger partial charge is 0.157 e. The van der Waals surface area contributed by atoms with Crippen LogP contribution in [0.25, 0.3) is 0 Å². The lowest BCUT2D eigenvalue weighted by molar-refractivity contribution is -0.0391. The van der Waals surface area contributed by atoms with Gasteiger partial charge in [-0.3, -0.25) is 0 Å². The van der Waals surface area contributed by atoms with Gasteiger partial charge in [0.05, 0.1) is 12.7 Å². The SMILES string of the molecule is OCC1O[C]=CCC1O. The van der Waals surface area contributed by atoms with Gasteiger partial charge in [0.15, 0.2) is 6.26 Å². The Morgan fingerprint density at radius 2 is 2.56 bits per heavy atom. The first-order valence-electron chi connectivity index (χ1n) is 2.86. The number of hydrogen-bond donors (Lipinski definition) is 2. The highest BCUT2D eigenvalue weighted by atomic mass is 16.5. The standard InChI is InChI=1S/C6H9O3/c7-4-6-5(8)2-1-3-9-6/h1,5-8H,2,4H2. The first-order chi connectivity index (χ1) is 4.34. The monoisotopic (exact) mass is 129 g/mol. The summed E-state index contributed by atoms with van der Waals surface area (Å²) in [5.74, 6) is 0. The van der Waals surface area contributed by atoms with Crippen LogP contribution < -0.4 is 0 Å². The second-order valence-electron chi connectivity index (χ2n) is 1.96. The van der Waals surface area contributed by atoms with Gasteiger partial charge in [0.25, 0.3) is 0 Å². The van der Waals surface area contributed by atoms with Gasteiger partial charge in [-0.05, 0) is 12.5 Å². The second-order valence-corrected chi connectivity index (χ2v) is 1.96. The van der Waals surface area contributed by atoms with Crippen LogP contribution >= 0.6 is 0 Å². The summed E-state index contributed by atoms with van der Waals surface area (Å²) in [5.41, 5.74) is 0. The molecular formula is C6H9O3. The summed E-state index contributed by atoms with van der Waals surface area (Å²) in [4.78, 5) is 0. The molecule has 2 N–H and O–H groups in total. The predicted molar refractivity (Wildman–Crippen MR) is 30.4 cm³/mol. The zero-order chi connectivity index (χ0) is 6.69. The molecule has 1 aliphatic rings. The molecule has 0 aliphatic carbocycles. The number of rotatable bonds is 1. The second kappa shape index (κ2) is 2.85. The maximum atomic E-state index is 9.01. The van der Waals surface area contributed by atoms with Crippen LogP contribution in [-0.4, -0.2) is 29.0 Å². The molecule has 0 saturated heterocycles. The van der Waals surface area contributed by atoms with Crippen LogP contribution in [0.1, 0.15) is 6.42 Å². The van der Waals surface area contributed by atoms with Crippen molar-refractivity contribution in [2.24, 2.45) is 0 Å². The van der Waals surface area contributed by atoms with Gasteiger partial charge in [-0.2, -0.15) is 0 Å². The molecule has 1 rings (SSSR count). The van der Waals surface area contributed by atoms with E-state index in [0.29, 0.717) is 6.42 Å². The summed E-state index contributed by atoms with van der Waals surface area (Å²) >= 11 is 0. The lowest BCUT2D eigenvalue weighted by Crippen LogP contribution is -2.32. The van der Waals surface area contributed by atoms with Gasteiger partial charge >= 0.3 is 0 Å². The van der Waals surface area contributed by atoms with E-state index in [1.54, 1.807) is 6.08 Å². The van der Waals surface area contributed by atoms with Crippen molar-refractivity contribution in [3.8, 4) is 0 Å². The Balaban J connectivity index is 2.43. The normalized spacial score (nSPS) is 34.0. The average Bonchev–Trinajstić information content (AvgIpc) is 1.89. The van der Waals surface area contributed by atoms with Crippen molar-refractivity contribution in [3.63, 3.8) is 0 Å². The van der Waals surface area contributed by atoms with Gasteiger partial charge in [0, 0.05) is 0 Å². The van der Waals surface area contributed by atoms with E-state index in [4.69, 9.17) is 14.9 Å². The minimum absolute atomic E-state index is 0.151. The average molecular weight is 129 g/mol. The third-order valence-electron chi connectivity index (χ3n) is 1.27. The van der Waals surface area contributed by atoms with E-state index in [2.05, 4.69) is 6.26 Å². The molecule has 0 aromatic heterocycles. The molecule has 1 aliphatic heterocycles. The summed E-state index contributed by atoms with van der Waals surface area (Å²) in [7, 11) is 0. The molecule has 0 bridgehead atoms. The molecule has 0 spiro atoms. The van der Waals surface area contributed by atoms with E-state index in [1.807, 2.05) is 0 Å². The van der Waals surface area contributed by atoms with Crippen molar-refractivity contribution < 1.29 is 14.9 Å². The molecule has 0 saturated carbocycles. The molecule has 0 aromatic carbocycles. The number of hydrogen-bond acceptors (Lipinski definition) is 3. The van der Waals surface area contributed by atoms with Crippen molar-refractivity contribution in [2.75, 3.05) is 6.61 Å². The zero-order valence-corrected chi connectivity index (χ0v) is 4.95. The molecule has 3 nitrogen and oxygen atoms in total. The van der Waals surface area contributed by atoms with E-state index in [9.17, 15) is 0 Å². The third-order valence-corrected chi connectivity index (χ3v) is 1.27. The lowest BCUT2D eigenvalue weighted by Gasteiger charge is -2.21. The topological polar surface area (TPSA) is 49.7 Å². The maximum absolute atomic E-state index is 9.01. The summed E-state index contributed by atoms with van der Waals surface area (Å²) in [6, 6.07) is 0. The molecule has 2 atom stereocenters. The first kappa shape index (κ1) is 6.58. The minimum Gasteiger partial charge on any atom is -0.482 e. The minimum atomic E-state index is -0.573. The Morgan fingerprint density at radius 1 is 1.78 bits per heavy atom. The van der Waals surface area contributed by atoms with E-state index in [0.717, 1.165) is 0 Å². The first-order valence-corrected chi connectivity index (χ1v) is 2.86. The van der Waals surface area contributed by atoms with Gasteiger partial charge in [-0.15, -0.1) is 0 Å². The lowest BCUT2D eigenvalue weighted by atomic mass is 10.1. The van der Waals surface area contributed by atoms with Crippen LogP contribution in [0.4, 0.5) is 0 Å². The largest absolute Gasteiger partial charge is 0.482 e.